The average molecular weight is 307 g/mol. The van der Waals surface area contributed by atoms with Gasteiger partial charge in [0.15, 0.2) is 0 Å². The second-order valence-electron chi connectivity index (χ2n) is 6.69. The maximum absolute atomic E-state index is 12.9. The molecule has 0 atom stereocenters. The Hall–Kier alpha value is -2.09. The molecule has 1 fully saturated rings. The van der Waals surface area contributed by atoms with Gasteiger partial charge in [0.2, 0.25) is 0 Å². The molecule has 1 aliphatic carbocycles. The van der Waals surface area contributed by atoms with Crippen LogP contribution in [0.4, 0.5) is 0 Å². The average Bonchev–Trinajstić information content (AvgIpc) is 3.09. The van der Waals surface area contributed by atoms with Gasteiger partial charge in [-0.3, -0.25) is 4.79 Å². The van der Waals surface area contributed by atoms with Crippen molar-refractivity contribution in [2.45, 2.75) is 51.6 Å². The normalized spacial score (nSPS) is 15.1. The molecule has 2 aromatic carbocycles. The van der Waals surface area contributed by atoms with Crippen LogP contribution in [0, 0.1) is 0 Å². The lowest BCUT2D eigenvalue weighted by Crippen LogP contribution is -2.43. The van der Waals surface area contributed by atoms with Gasteiger partial charge in [0.05, 0.1) is 0 Å². The largest absolute Gasteiger partial charge is 0.333 e. The highest BCUT2D eigenvalue weighted by Crippen LogP contribution is 2.27. The van der Waals surface area contributed by atoms with E-state index in [1.807, 2.05) is 30.3 Å². The molecule has 0 radical (unpaired) electrons. The molecule has 0 spiro atoms. The first-order valence-corrected chi connectivity index (χ1v) is 8.65. The lowest BCUT2D eigenvalue weighted by Gasteiger charge is -2.33. The van der Waals surface area contributed by atoms with Crippen molar-refractivity contribution in [1.82, 2.24) is 4.90 Å². The van der Waals surface area contributed by atoms with Crippen LogP contribution in [0.2, 0.25) is 0 Å². The van der Waals surface area contributed by atoms with Crippen LogP contribution in [-0.2, 0) is 0 Å². The van der Waals surface area contributed by atoms with Crippen LogP contribution in [0.5, 0.6) is 0 Å². The van der Waals surface area contributed by atoms with Crippen molar-refractivity contribution < 1.29 is 4.79 Å². The maximum Gasteiger partial charge on any atom is 0.254 e. The number of nitrogens with zero attached hydrogens (tertiary/aromatic N) is 1. The summed E-state index contributed by atoms with van der Waals surface area (Å²) in [5, 5.41) is 0. The SMILES string of the molecule is CC(C)N(C(=O)c1ccc(-c2ccccc2)cc1)C1CCCC1. The van der Waals surface area contributed by atoms with E-state index in [2.05, 4.69) is 43.0 Å². The zero-order valence-electron chi connectivity index (χ0n) is 14.0. The fourth-order valence-corrected chi connectivity index (χ4v) is 3.59. The van der Waals surface area contributed by atoms with Crippen LogP contribution >= 0.6 is 0 Å². The molecule has 0 bridgehead atoms. The zero-order chi connectivity index (χ0) is 16.2. The fraction of sp³-hybridized carbons (Fsp3) is 0.381. The van der Waals surface area contributed by atoms with E-state index in [0.717, 1.165) is 24.0 Å². The molecule has 1 saturated carbocycles. The molecule has 2 nitrogen and oxygen atoms in total. The molecular formula is C21H25NO. The number of rotatable bonds is 4. The summed E-state index contributed by atoms with van der Waals surface area (Å²) in [6.45, 7) is 4.24. The molecule has 0 heterocycles. The molecule has 120 valence electrons. The first kappa shape index (κ1) is 15.8. The first-order chi connectivity index (χ1) is 11.2. The van der Waals surface area contributed by atoms with Crippen LogP contribution in [0.15, 0.2) is 54.6 Å². The van der Waals surface area contributed by atoms with Crippen molar-refractivity contribution >= 4 is 5.91 Å². The van der Waals surface area contributed by atoms with Crippen LogP contribution in [0.1, 0.15) is 49.9 Å². The third-order valence-electron chi connectivity index (χ3n) is 4.75. The predicted octanol–water partition coefficient (Wildman–Crippen LogP) is 5.15. The number of carbonyl (C=O) groups is 1. The van der Waals surface area contributed by atoms with E-state index in [-0.39, 0.29) is 11.9 Å². The van der Waals surface area contributed by atoms with E-state index < -0.39 is 0 Å². The fourth-order valence-electron chi connectivity index (χ4n) is 3.59. The molecule has 2 aromatic rings. The molecule has 0 aromatic heterocycles. The lowest BCUT2D eigenvalue weighted by atomic mass is 10.0. The third kappa shape index (κ3) is 3.47. The summed E-state index contributed by atoms with van der Waals surface area (Å²) in [6, 6.07) is 19.0. The van der Waals surface area contributed by atoms with Crippen molar-refractivity contribution in [1.29, 1.82) is 0 Å². The Balaban J connectivity index is 1.81. The molecule has 0 aliphatic heterocycles. The molecule has 1 aliphatic rings. The van der Waals surface area contributed by atoms with E-state index in [4.69, 9.17) is 0 Å². The quantitative estimate of drug-likeness (QED) is 0.765. The first-order valence-electron chi connectivity index (χ1n) is 8.65. The Morgan fingerprint density at radius 3 is 2.04 bits per heavy atom. The predicted molar refractivity (Wildman–Crippen MR) is 95.4 cm³/mol. The summed E-state index contributed by atoms with van der Waals surface area (Å²) in [4.78, 5) is 15.0. The minimum Gasteiger partial charge on any atom is -0.333 e. The Labute approximate surface area is 139 Å². The topological polar surface area (TPSA) is 20.3 Å². The van der Waals surface area contributed by atoms with Crippen LogP contribution < -0.4 is 0 Å². The number of carbonyl (C=O) groups excluding carboxylic acids is 1. The Morgan fingerprint density at radius 1 is 0.913 bits per heavy atom. The minimum absolute atomic E-state index is 0.173. The highest BCUT2D eigenvalue weighted by molar-refractivity contribution is 5.95. The van der Waals surface area contributed by atoms with Gasteiger partial charge >= 0.3 is 0 Å². The summed E-state index contributed by atoms with van der Waals surface area (Å²) in [6.07, 6.45) is 4.78. The number of amides is 1. The van der Waals surface area contributed by atoms with Gasteiger partial charge in [-0.1, -0.05) is 55.3 Å². The van der Waals surface area contributed by atoms with Gasteiger partial charge in [0.1, 0.15) is 0 Å². The standard InChI is InChI=1S/C21H25NO/c1-16(2)22(20-10-6-7-11-20)21(23)19-14-12-18(13-15-19)17-8-4-3-5-9-17/h3-5,8-9,12-16,20H,6-7,10-11H2,1-2H3. The number of hydrogen-bond acceptors (Lipinski definition) is 1. The maximum atomic E-state index is 12.9. The summed E-state index contributed by atoms with van der Waals surface area (Å²) >= 11 is 0. The highest BCUT2D eigenvalue weighted by Gasteiger charge is 2.29. The Morgan fingerprint density at radius 2 is 1.48 bits per heavy atom. The molecular weight excluding hydrogens is 282 g/mol. The van der Waals surface area contributed by atoms with E-state index >= 15 is 0 Å². The van der Waals surface area contributed by atoms with Gasteiger partial charge in [-0.05, 0) is 49.9 Å². The van der Waals surface area contributed by atoms with E-state index in [9.17, 15) is 4.79 Å². The molecule has 2 heteroatoms. The van der Waals surface area contributed by atoms with Gasteiger partial charge in [0, 0.05) is 17.6 Å². The van der Waals surface area contributed by atoms with Gasteiger partial charge in [0.25, 0.3) is 5.91 Å². The van der Waals surface area contributed by atoms with Gasteiger partial charge in [-0.15, -0.1) is 0 Å². The van der Waals surface area contributed by atoms with Gasteiger partial charge in [-0.2, -0.15) is 0 Å². The third-order valence-corrected chi connectivity index (χ3v) is 4.75. The van der Waals surface area contributed by atoms with Crippen molar-refractivity contribution in [2.75, 3.05) is 0 Å². The molecule has 3 rings (SSSR count). The zero-order valence-corrected chi connectivity index (χ0v) is 14.0. The summed E-state index contributed by atoms with van der Waals surface area (Å²) in [5.74, 6) is 0.173. The van der Waals surface area contributed by atoms with Crippen LogP contribution in [0.3, 0.4) is 0 Å². The second-order valence-corrected chi connectivity index (χ2v) is 6.69. The monoisotopic (exact) mass is 307 g/mol. The lowest BCUT2D eigenvalue weighted by molar-refractivity contribution is 0.0613. The van der Waals surface area contributed by atoms with Crippen LogP contribution in [0.25, 0.3) is 11.1 Å². The second kappa shape index (κ2) is 6.99. The van der Waals surface area contributed by atoms with Crippen LogP contribution in [-0.4, -0.2) is 22.9 Å². The minimum atomic E-state index is 0.173. The molecule has 1 amide bonds. The van der Waals surface area contributed by atoms with E-state index in [1.54, 1.807) is 0 Å². The van der Waals surface area contributed by atoms with Crippen molar-refractivity contribution in [3.05, 3.63) is 60.2 Å². The summed E-state index contributed by atoms with van der Waals surface area (Å²) < 4.78 is 0. The smallest absolute Gasteiger partial charge is 0.254 e. The molecule has 0 saturated heterocycles. The Kier molecular flexibility index (Phi) is 4.80. The van der Waals surface area contributed by atoms with E-state index in [0.29, 0.717) is 6.04 Å². The molecule has 0 N–H and O–H groups in total. The van der Waals surface area contributed by atoms with Crippen molar-refractivity contribution in [3.63, 3.8) is 0 Å². The molecule has 0 unspecified atom stereocenters. The number of benzene rings is 2. The van der Waals surface area contributed by atoms with Crippen molar-refractivity contribution in [3.8, 4) is 11.1 Å². The summed E-state index contributed by atoms with van der Waals surface area (Å²) in [5.41, 5.74) is 3.13. The summed E-state index contributed by atoms with van der Waals surface area (Å²) in [7, 11) is 0. The highest BCUT2D eigenvalue weighted by atomic mass is 16.2. The van der Waals surface area contributed by atoms with Gasteiger partial charge in [-0.25, -0.2) is 0 Å². The Bertz CT molecular complexity index is 639. The van der Waals surface area contributed by atoms with E-state index in [1.165, 1.54) is 18.4 Å². The van der Waals surface area contributed by atoms with Gasteiger partial charge < -0.3 is 4.90 Å². The number of hydrogen-bond donors (Lipinski definition) is 0. The van der Waals surface area contributed by atoms with Crippen molar-refractivity contribution in [2.24, 2.45) is 0 Å². The molecule has 23 heavy (non-hydrogen) atoms.